The first-order valence-electron chi connectivity index (χ1n) is 8.51. The summed E-state index contributed by atoms with van der Waals surface area (Å²) in [6.07, 6.45) is 4.69. The van der Waals surface area contributed by atoms with Gasteiger partial charge >= 0.3 is 0 Å². The van der Waals surface area contributed by atoms with Crippen LogP contribution in [-0.2, 0) is 0 Å². The van der Waals surface area contributed by atoms with Crippen LogP contribution in [0.5, 0.6) is 0 Å². The summed E-state index contributed by atoms with van der Waals surface area (Å²) >= 11 is 0. The molecule has 3 rings (SSSR count). The van der Waals surface area contributed by atoms with Crippen molar-refractivity contribution in [2.45, 2.75) is 47.5 Å². The second-order valence-corrected chi connectivity index (χ2v) is 7.00. The fraction of sp³-hybridized carbons (Fsp3) is 0.304. The molecule has 0 nitrogen and oxygen atoms in total. The fourth-order valence-electron chi connectivity index (χ4n) is 3.62. The van der Waals surface area contributed by atoms with Gasteiger partial charge < -0.3 is 0 Å². The Bertz CT molecular complexity index is 799. The summed E-state index contributed by atoms with van der Waals surface area (Å²) in [5.74, 6) is 0. The molecule has 0 saturated carbocycles. The van der Waals surface area contributed by atoms with E-state index in [9.17, 15) is 0 Å². The van der Waals surface area contributed by atoms with Crippen LogP contribution in [-0.4, -0.2) is 0 Å². The predicted molar refractivity (Wildman–Crippen MR) is 102 cm³/mol. The average Bonchev–Trinajstić information content (AvgIpc) is 2.49. The molecule has 0 aromatic heterocycles. The van der Waals surface area contributed by atoms with Crippen molar-refractivity contribution in [2.75, 3.05) is 0 Å². The Labute approximate surface area is 140 Å². The minimum atomic E-state index is 1.16. The third-order valence-corrected chi connectivity index (χ3v) is 4.97. The lowest BCUT2D eigenvalue weighted by molar-refractivity contribution is 0.960. The smallest absolute Gasteiger partial charge is 0.0148 e. The van der Waals surface area contributed by atoms with Gasteiger partial charge in [0, 0.05) is 0 Å². The third kappa shape index (κ3) is 3.17. The molecule has 0 amide bonds. The topological polar surface area (TPSA) is 0 Å². The van der Waals surface area contributed by atoms with E-state index in [1.807, 2.05) is 0 Å². The van der Waals surface area contributed by atoms with Crippen LogP contribution < -0.4 is 0 Å². The standard InChI is InChI=1S/C23H26/c1-15-6-9-20(10-7-15)22-14-23(19(5)13-18(22)4)21-11-8-16(2)12-17(21)3/h6-7,9-10,12-14H,8,11H2,1-5H3. The lowest BCUT2D eigenvalue weighted by atomic mass is 9.84. The molecule has 0 bridgehead atoms. The van der Waals surface area contributed by atoms with Gasteiger partial charge in [-0.05, 0) is 92.5 Å². The van der Waals surface area contributed by atoms with Crippen LogP contribution in [0.2, 0.25) is 0 Å². The molecule has 23 heavy (non-hydrogen) atoms. The Morgan fingerprint density at radius 3 is 2.00 bits per heavy atom. The highest BCUT2D eigenvalue weighted by Gasteiger charge is 2.15. The number of hydrogen-bond acceptors (Lipinski definition) is 0. The first-order chi connectivity index (χ1) is 11.0. The van der Waals surface area contributed by atoms with Crippen LogP contribution >= 0.6 is 0 Å². The zero-order valence-corrected chi connectivity index (χ0v) is 15.0. The third-order valence-electron chi connectivity index (χ3n) is 4.97. The van der Waals surface area contributed by atoms with Gasteiger partial charge in [-0.15, -0.1) is 0 Å². The van der Waals surface area contributed by atoms with Gasteiger partial charge in [-0.3, -0.25) is 0 Å². The zero-order valence-electron chi connectivity index (χ0n) is 15.0. The van der Waals surface area contributed by atoms with Gasteiger partial charge in [0.2, 0.25) is 0 Å². The Morgan fingerprint density at radius 1 is 0.696 bits per heavy atom. The van der Waals surface area contributed by atoms with Crippen molar-refractivity contribution in [3.05, 3.63) is 75.9 Å². The Morgan fingerprint density at radius 2 is 1.35 bits per heavy atom. The Hall–Kier alpha value is -2.08. The molecule has 1 aliphatic rings. The summed E-state index contributed by atoms with van der Waals surface area (Å²) in [5.41, 5.74) is 12.6. The van der Waals surface area contributed by atoms with Gasteiger partial charge in [0.15, 0.2) is 0 Å². The highest BCUT2D eigenvalue weighted by Crippen LogP contribution is 2.36. The molecular formula is C23H26. The van der Waals surface area contributed by atoms with E-state index < -0.39 is 0 Å². The molecule has 0 radical (unpaired) electrons. The molecule has 2 aromatic rings. The quantitative estimate of drug-likeness (QED) is 0.572. The number of rotatable bonds is 2. The van der Waals surface area contributed by atoms with Crippen LogP contribution in [0.1, 0.15) is 48.9 Å². The predicted octanol–water partition coefficient (Wildman–Crippen LogP) is 6.79. The van der Waals surface area contributed by atoms with Crippen molar-refractivity contribution in [3.63, 3.8) is 0 Å². The first kappa shape index (κ1) is 15.8. The fourth-order valence-corrected chi connectivity index (χ4v) is 3.62. The van der Waals surface area contributed by atoms with Gasteiger partial charge in [-0.2, -0.15) is 0 Å². The van der Waals surface area contributed by atoms with Gasteiger partial charge in [0.05, 0.1) is 0 Å². The number of hydrogen-bond donors (Lipinski definition) is 0. The molecular weight excluding hydrogens is 276 g/mol. The van der Waals surface area contributed by atoms with E-state index in [4.69, 9.17) is 0 Å². The largest absolute Gasteiger partial charge is 0.0727 e. The Kier molecular flexibility index (Phi) is 4.26. The maximum absolute atomic E-state index is 2.41. The van der Waals surface area contributed by atoms with Gasteiger partial charge in [-0.25, -0.2) is 0 Å². The minimum absolute atomic E-state index is 1.16. The van der Waals surface area contributed by atoms with E-state index in [-0.39, 0.29) is 0 Å². The van der Waals surface area contributed by atoms with Crippen LogP contribution in [0.3, 0.4) is 0 Å². The number of aryl methyl sites for hydroxylation is 3. The maximum atomic E-state index is 2.41. The van der Waals surface area contributed by atoms with Crippen LogP contribution in [0.25, 0.3) is 16.7 Å². The molecule has 0 fully saturated rings. The second kappa shape index (κ2) is 6.20. The summed E-state index contributed by atoms with van der Waals surface area (Å²) in [6.45, 7) is 11.1. The van der Waals surface area contributed by atoms with Crippen molar-refractivity contribution in [1.82, 2.24) is 0 Å². The molecule has 0 unspecified atom stereocenters. The summed E-state index contributed by atoms with van der Waals surface area (Å²) in [6, 6.07) is 13.6. The summed E-state index contributed by atoms with van der Waals surface area (Å²) in [7, 11) is 0. The summed E-state index contributed by atoms with van der Waals surface area (Å²) in [4.78, 5) is 0. The van der Waals surface area contributed by atoms with Crippen molar-refractivity contribution in [1.29, 1.82) is 0 Å². The van der Waals surface area contributed by atoms with Crippen LogP contribution in [0, 0.1) is 20.8 Å². The van der Waals surface area contributed by atoms with E-state index in [0.717, 1.165) is 6.42 Å². The van der Waals surface area contributed by atoms with Crippen molar-refractivity contribution >= 4 is 5.57 Å². The summed E-state index contributed by atoms with van der Waals surface area (Å²) in [5, 5.41) is 0. The monoisotopic (exact) mass is 302 g/mol. The molecule has 0 heterocycles. The lowest BCUT2D eigenvalue weighted by Gasteiger charge is -2.20. The zero-order chi connectivity index (χ0) is 16.6. The highest BCUT2D eigenvalue weighted by molar-refractivity contribution is 5.79. The van der Waals surface area contributed by atoms with Crippen molar-refractivity contribution in [3.8, 4) is 11.1 Å². The SMILES string of the molecule is CC1=CC(C)=C(c2cc(-c3ccc(C)cc3)c(C)cc2C)CC1. The second-order valence-electron chi connectivity index (χ2n) is 7.00. The van der Waals surface area contributed by atoms with E-state index in [1.54, 1.807) is 0 Å². The van der Waals surface area contributed by atoms with Crippen molar-refractivity contribution < 1.29 is 0 Å². The van der Waals surface area contributed by atoms with E-state index >= 15 is 0 Å². The Balaban J connectivity index is 2.14. The van der Waals surface area contributed by atoms with Gasteiger partial charge in [-0.1, -0.05) is 47.5 Å². The number of benzene rings is 2. The normalized spacial score (nSPS) is 14.9. The van der Waals surface area contributed by atoms with E-state index in [2.05, 4.69) is 77.1 Å². The van der Waals surface area contributed by atoms with Gasteiger partial charge in [0.1, 0.15) is 0 Å². The molecule has 0 saturated heterocycles. The summed E-state index contributed by atoms with van der Waals surface area (Å²) < 4.78 is 0. The number of allylic oxidation sites excluding steroid dienone is 4. The molecule has 0 spiro atoms. The molecule has 1 aliphatic carbocycles. The highest BCUT2D eigenvalue weighted by atomic mass is 14.2. The molecule has 118 valence electrons. The van der Waals surface area contributed by atoms with E-state index in [0.29, 0.717) is 0 Å². The molecule has 0 atom stereocenters. The first-order valence-corrected chi connectivity index (χ1v) is 8.51. The van der Waals surface area contributed by atoms with Crippen LogP contribution in [0.4, 0.5) is 0 Å². The van der Waals surface area contributed by atoms with Crippen LogP contribution in [0.15, 0.2) is 53.6 Å². The van der Waals surface area contributed by atoms with Gasteiger partial charge in [0.25, 0.3) is 0 Å². The molecule has 0 heteroatoms. The average molecular weight is 302 g/mol. The minimum Gasteiger partial charge on any atom is -0.0727 e. The maximum Gasteiger partial charge on any atom is -0.0148 e. The molecule has 0 aliphatic heterocycles. The lowest BCUT2D eigenvalue weighted by Crippen LogP contribution is -1.99. The van der Waals surface area contributed by atoms with E-state index in [1.165, 1.54) is 56.5 Å². The molecule has 2 aromatic carbocycles. The molecule has 0 N–H and O–H groups in total. The van der Waals surface area contributed by atoms with Crippen molar-refractivity contribution in [2.24, 2.45) is 0 Å².